The highest BCUT2D eigenvalue weighted by atomic mass is 16.5. The van der Waals surface area contributed by atoms with Gasteiger partial charge in [0, 0.05) is 24.3 Å². The zero-order valence-corrected chi connectivity index (χ0v) is 18.5. The summed E-state index contributed by atoms with van der Waals surface area (Å²) in [7, 11) is 0. The van der Waals surface area contributed by atoms with E-state index in [4.69, 9.17) is 14.6 Å². The van der Waals surface area contributed by atoms with Gasteiger partial charge in [0.2, 0.25) is 0 Å². The van der Waals surface area contributed by atoms with E-state index in [1.165, 1.54) is 12.3 Å². The van der Waals surface area contributed by atoms with E-state index < -0.39 is 11.4 Å². The number of rotatable bonds is 4. The number of ether oxygens (including phenoxy) is 2. The molecule has 0 spiro atoms. The number of hydrogen-bond donors (Lipinski definition) is 1. The molecule has 2 atom stereocenters. The third-order valence-electron chi connectivity index (χ3n) is 6.42. The van der Waals surface area contributed by atoms with E-state index >= 15 is 0 Å². The number of hydrogen-bond acceptors (Lipinski definition) is 5. The summed E-state index contributed by atoms with van der Waals surface area (Å²) in [5, 5.41) is 15.3. The quantitative estimate of drug-likeness (QED) is 0.668. The van der Waals surface area contributed by atoms with E-state index in [0.717, 1.165) is 36.0 Å². The maximum Gasteiger partial charge on any atom is 0.341 e. The Hall–Kier alpha value is -3.13. The van der Waals surface area contributed by atoms with Crippen LogP contribution in [-0.2, 0) is 11.3 Å². The molecular formula is C24H27N3O5. The highest BCUT2D eigenvalue weighted by Gasteiger charge is 2.35. The topological polar surface area (TPSA) is 95.6 Å². The number of carbonyl (C=O) groups is 1. The second-order valence-corrected chi connectivity index (χ2v) is 9.66. The molecule has 0 amide bonds. The molecule has 4 heterocycles. The van der Waals surface area contributed by atoms with Crippen molar-refractivity contribution >= 4 is 16.9 Å². The maximum atomic E-state index is 12.6. The van der Waals surface area contributed by atoms with Gasteiger partial charge in [-0.05, 0) is 24.3 Å². The molecule has 1 N–H and O–H groups in total. The van der Waals surface area contributed by atoms with Gasteiger partial charge < -0.3 is 19.1 Å². The van der Waals surface area contributed by atoms with Crippen molar-refractivity contribution in [3.8, 4) is 17.1 Å². The van der Waals surface area contributed by atoms with E-state index in [0.29, 0.717) is 24.6 Å². The summed E-state index contributed by atoms with van der Waals surface area (Å²) in [5.74, 6) is -0.532. The Morgan fingerprint density at radius 2 is 2.16 bits per heavy atom. The molecule has 1 fully saturated rings. The first-order valence-corrected chi connectivity index (χ1v) is 11.0. The SMILES string of the molecule is CC(C)(C)C1Cn2nc3c(OCC4CCCO4)cccc3c2-c2cc(=O)c(C(=O)O)cn21. The normalized spacial score (nSPS) is 20.2. The number of pyridine rings is 1. The van der Waals surface area contributed by atoms with Gasteiger partial charge in [-0.25, -0.2) is 4.79 Å². The van der Waals surface area contributed by atoms with Gasteiger partial charge in [0.15, 0.2) is 5.43 Å². The van der Waals surface area contributed by atoms with Crippen molar-refractivity contribution in [3.05, 3.63) is 46.2 Å². The summed E-state index contributed by atoms with van der Waals surface area (Å²) in [6.45, 7) is 8.12. The molecule has 0 radical (unpaired) electrons. The summed E-state index contributed by atoms with van der Waals surface area (Å²) in [4.78, 5) is 24.3. The molecule has 0 saturated carbocycles. The van der Waals surface area contributed by atoms with Crippen molar-refractivity contribution in [1.82, 2.24) is 14.3 Å². The Bertz CT molecular complexity index is 1260. The van der Waals surface area contributed by atoms with Crippen molar-refractivity contribution < 1.29 is 19.4 Å². The Balaban J connectivity index is 1.66. The molecule has 2 aliphatic heterocycles. The predicted molar refractivity (Wildman–Crippen MR) is 119 cm³/mol. The van der Waals surface area contributed by atoms with Gasteiger partial charge in [0.1, 0.15) is 23.4 Å². The van der Waals surface area contributed by atoms with Crippen LogP contribution in [-0.4, -0.2) is 44.7 Å². The summed E-state index contributed by atoms with van der Waals surface area (Å²) in [5.41, 5.74) is 1.29. The second kappa shape index (κ2) is 7.48. The first kappa shape index (κ1) is 20.8. The standard InChI is InChI=1S/C24H27N3O5/c1-24(2,3)20-12-27-22(17-10-18(28)16(23(29)30)11-26(17)20)15-7-4-8-19(21(15)25-27)32-13-14-6-5-9-31-14/h4,7-8,10-11,14,20H,5-6,9,12-13H2,1-3H3,(H,29,30). The first-order chi connectivity index (χ1) is 15.2. The van der Waals surface area contributed by atoms with Crippen LogP contribution in [0.4, 0.5) is 0 Å². The minimum atomic E-state index is -1.22. The number of carboxylic acids is 1. The Labute approximate surface area is 185 Å². The van der Waals surface area contributed by atoms with Crippen LogP contribution >= 0.6 is 0 Å². The van der Waals surface area contributed by atoms with E-state index in [2.05, 4.69) is 20.8 Å². The monoisotopic (exact) mass is 437 g/mol. The summed E-state index contributed by atoms with van der Waals surface area (Å²) < 4.78 is 15.6. The molecule has 32 heavy (non-hydrogen) atoms. The Morgan fingerprint density at radius 3 is 2.84 bits per heavy atom. The fourth-order valence-electron chi connectivity index (χ4n) is 4.70. The Kier molecular flexibility index (Phi) is 4.85. The largest absolute Gasteiger partial charge is 0.489 e. The van der Waals surface area contributed by atoms with Crippen molar-refractivity contribution in [2.45, 2.75) is 52.3 Å². The molecule has 5 rings (SSSR count). The van der Waals surface area contributed by atoms with Crippen LogP contribution in [0.15, 0.2) is 35.3 Å². The second-order valence-electron chi connectivity index (χ2n) is 9.66. The van der Waals surface area contributed by atoms with Gasteiger partial charge in [0.05, 0.1) is 30.1 Å². The van der Waals surface area contributed by atoms with Crippen molar-refractivity contribution in [1.29, 1.82) is 0 Å². The Morgan fingerprint density at radius 1 is 1.34 bits per heavy atom. The number of carboxylic acid groups (broad SMARTS) is 1. The molecule has 0 aliphatic carbocycles. The fraction of sp³-hybridized carbons (Fsp3) is 0.458. The predicted octanol–water partition coefficient (Wildman–Crippen LogP) is 3.72. The van der Waals surface area contributed by atoms with Gasteiger partial charge in [-0.3, -0.25) is 9.48 Å². The van der Waals surface area contributed by atoms with Gasteiger partial charge in [-0.2, -0.15) is 5.10 Å². The van der Waals surface area contributed by atoms with Crippen molar-refractivity contribution in [3.63, 3.8) is 0 Å². The molecule has 2 aromatic heterocycles. The van der Waals surface area contributed by atoms with E-state index in [9.17, 15) is 14.7 Å². The molecule has 168 valence electrons. The molecule has 0 bridgehead atoms. The fourth-order valence-corrected chi connectivity index (χ4v) is 4.70. The number of benzene rings is 1. The summed E-state index contributed by atoms with van der Waals surface area (Å²) in [6.07, 6.45) is 3.62. The molecule has 2 unspecified atom stereocenters. The first-order valence-electron chi connectivity index (χ1n) is 11.0. The molecular weight excluding hydrogens is 410 g/mol. The molecule has 8 nitrogen and oxygen atoms in total. The smallest absolute Gasteiger partial charge is 0.341 e. The minimum Gasteiger partial charge on any atom is -0.489 e. The zero-order chi connectivity index (χ0) is 22.6. The summed E-state index contributed by atoms with van der Waals surface area (Å²) >= 11 is 0. The highest BCUT2D eigenvalue weighted by molar-refractivity contribution is 5.96. The van der Waals surface area contributed by atoms with Gasteiger partial charge in [-0.15, -0.1) is 0 Å². The lowest BCUT2D eigenvalue weighted by Crippen LogP contribution is -2.35. The minimum absolute atomic E-state index is 0.0748. The van der Waals surface area contributed by atoms with Crippen LogP contribution in [0, 0.1) is 5.41 Å². The van der Waals surface area contributed by atoms with Crippen LogP contribution in [0.3, 0.4) is 0 Å². The zero-order valence-electron chi connectivity index (χ0n) is 18.5. The van der Waals surface area contributed by atoms with Crippen LogP contribution in [0.25, 0.3) is 22.3 Å². The number of fused-ring (bicyclic) bond motifs is 5. The van der Waals surface area contributed by atoms with Crippen molar-refractivity contribution in [2.24, 2.45) is 5.41 Å². The number of nitrogens with zero attached hydrogens (tertiary/aromatic N) is 3. The number of aromatic carboxylic acids is 1. The summed E-state index contributed by atoms with van der Waals surface area (Å²) in [6, 6.07) is 7.13. The van der Waals surface area contributed by atoms with Crippen LogP contribution in [0.1, 0.15) is 50.0 Å². The number of aromatic nitrogens is 3. The third kappa shape index (κ3) is 3.39. The lowest BCUT2D eigenvalue weighted by atomic mass is 9.85. The molecule has 3 aromatic rings. The molecule has 8 heteroatoms. The van der Waals surface area contributed by atoms with Gasteiger partial charge in [-0.1, -0.05) is 32.9 Å². The van der Waals surface area contributed by atoms with Crippen LogP contribution < -0.4 is 10.2 Å². The van der Waals surface area contributed by atoms with Gasteiger partial charge >= 0.3 is 5.97 Å². The maximum absolute atomic E-state index is 12.6. The highest BCUT2D eigenvalue weighted by Crippen LogP contribution is 2.43. The van der Waals surface area contributed by atoms with Crippen LogP contribution in [0.2, 0.25) is 0 Å². The lowest BCUT2D eigenvalue weighted by molar-refractivity contribution is 0.0684. The van der Waals surface area contributed by atoms with E-state index in [-0.39, 0.29) is 23.1 Å². The average Bonchev–Trinajstić information content (AvgIpc) is 3.38. The van der Waals surface area contributed by atoms with E-state index in [1.807, 2.05) is 27.4 Å². The lowest BCUT2D eigenvalue weighted by Gasteiger charge is -2.38. The van der Waals surface area contributed by atoms with E-state index in [1.54, 1.807) is 0 Å². The average molecular weight is 437 g/mol. The molecule has 1 aromatic carbocycles. The van der Waals surface area contributed by atoms with Crippen molar-refractivity contribution in [2.75, 3.05) is 13.2 Å². The third-order valence-corrected chi connectivity index (χ3v) is 6.42. The molecule has 2 aliphatic rings. The van der Waals surface area contributed by atoms with Gasteiger partial charge in [0.25, 0.3) is 0 Å². The van der Waals surface area contributed by atoms with Crippen LogP contribution in [0.5, 0.6) is 5.75 Å². The molecule has 1 saturated heterocycles.